The van der Waals surface area contributed by atoms with E-state index < -0.39 is 0 Å². The molecule has 2 rings (SSSR count). The lowest BCUT2D eigenvalue weighted by molar-refractivity contribution is -0.130. The normalized spacial score (nSPS) is 36.2. The van der Waals surface area contributed by atoms with E-state index >= 15 is 0 Å². The number of rotatable bonds is 3. The first-order valence-corrected chi connectivity index (χ1v) is 6.25. The monoisotopic (exact) mass is 226 g/mol. The molecule has 0 saturated carbocycles. The predicted octanol–water partition coefficient (Wildman–Crippen LogP) is 0.670. The fourth-order valence-corrected chi connectivity index (χ4v) is 2.48. The van der Waals surface area contributed by atoms with Crippen molar-refractivity contribution in [3.05, 3.63) is 0 Å². The van der Waals surface area contributed by atoms with E-state index in [1.165, 1.54) is 0 Å². The molecular formula is C12H22N2O2. The highest BCUT2D eigenvalue weighted by atomic mass is 16.5. The molecule has 2 fully saturated rings. The lowest BCUT2D eigenvalue weighted by Gasteiger charge is -2.27. The number of hydrogen-bond acceptors (Lipinski definition) is 3. The van der Waals surface area contributed by atoms with Gasteiger partial charge in [0.25, 0.3) is 0 Å². The Bertz CT molecular complexity index is 256. The van der Waals surface area contributed by atoms with Crippen LogP contribution in [-0.4, -0.2) is 37.7 Å². The van der Waals surface area contributed by atoms with Crippen LogP contribution in [0.25, 0.3) is 0 Å². The number of amides is 1. The van der Waals surface area contributed by atoms with E-state index in [0.29, 0.717) is 0 Å². The van der Waals surface area contributed by atoms with Gasteiger partial charge >= 0.3 is 0 Å². The second-order valence-corrected chi connectivity index (χ2v) is 5.30. The molecule has 4 heteroatoms. The van der Waals surface area contributed by atoms with Crippen LogP contribution in [0.1, 0.15) is 33.1 Å². The Morgan fingerprint density at radius 2 is 2.44 bits per heavy atom. The van der Waals surface area contributed by atoms with E-state index in [2.05, 4.69) is 10.6 Å². The molecule has 2 aliphatic rings. The number of nitrogens with one attached hydrogen (secondary N) is 2. The maximum atomic E-state index is 12.1. The first kappa shape index (κ1) is 11.9. The van der Waals surface area contributed by atoms with Crippen LogP contribution in [0.5, 0.6) is 0 Å². The predicted molar refractivity (Wildman–Crippen MR) is 62.2 cm³/mol. The third-order valence-electron chi connectivity index (χ3n) is 3.80. The number of carbonyl (C=O) groups excluding carboxylic acids is 1. The molecule has 92 valence electrons. The summed E-state index contributed by atoms with van der Waals surface area (Å²) in [6, 6.07) is 0.132. The Hall–Kier alpha value is -0.610. The van der Waals surface area contributed by atoms with Gasteiger partial charge in [-0.15, -0.1) is 0 Å². The average molecular weight is 226 g/mol. The molecule has 16 heavy (non-hydrogen) atoms. The van der Waals surface area contributed by atoms with Crippen molar-refractivity contribution in [1.29, 1.82) is 0 Å². The summed E-state index contributed by atoms with van der Waals surface area (Å²) in [7, 11) is 0. The van der Waals surface area contributed by atoms with Gasteiger partial charge in [-0.05, 0) is 39.7 Å². The number of hydrogen-bond donors (Lipinski definition) is 2. The average Bonchev–Trinajstić information content (AvgIpc) is 2.88. The lowest BCUT2D eigenvalue weighted by atomic mass is 9.88. The Morgan fingerprint density at radius 1 is 1.62 bits per heavy atom. The number of carbonyl (C=O) groups is 1. The van der Waals surface area contributed by atoms with Crippen molar-refractivity contribution >= 4 is 5.91 Å². The fraction of sp³-hybridized carbons (Fsp3) is 0.917. The molecule has 0 aliphatic carbocycles. The third kappa shape index (κ3) is 2.38. The summed E-state index contributed by atoms with van der Waals surface area (Å²) in [5.41, 5.74) is -0.229. The van der Waals surface area contributed by atoms with Gasteiger partial charge in [-0.1, -0.05) is 0 Å². The smallest absolute Gasteiger partial charge is 0.227 e. The summed E-state index contributed by atoms with van der Waals surface area (Å²) in [4.78, 5) is 12.1. The van der Waals surface area contributed by atoms with Crippen LogP contribution < -0.4 is 10.6 Å². The molecular weight excluding hydrogens is 204 g/mol. The third-order valence-corrected chi connectivity index (χ3v) is 3.80. The van der Waals surface area contributed by atoms with E-state index in [0.717, 1.165) is 39.0 Å². The zero-order chi connectivity index (χ0) is 11.6. The molecule has 0 aromatic heterocycles. The minimum absolute atomic E-state index is 0.132. The molecule has 1 amide bonds. The molecule has 0 aromatic carbocycles. The lowest BCUT2D eigenvalue weighted by Crippen LogP contribution is -2.48. The zero-order valence-electron chi connectivity index (χ0n) is 10.2. The molecule has 0 radical (unpaired) electrons. The van der Waals surface area contributed by atoms with Gasteiger partial charge in [0.2, 0.25) is 5.91 Å². The summed E-state index contributed by atoms with van der Waals surface area (Å²) in [6.45, 7) is 6.64. The minimum atomic E-state index is -0.229. The van der Waals surface area contributed by atoms with Crippen LogP contribution in [0.4, 0.5) is 0 Å². The quantitative estimate of drug-likeness (QED) is 0.743. The van der Waals surface area contributed by atoms with Gasteiger partial charge in [0, 0.05) is 13.2 Å². The molecule has 3 unspecified atom stereocenters. The van der Waals surface area contributed by atoms with Gasteiger partial charge in [-0.25, -0.2) is 0 Å². The first-order chi connectivity index (χ1) is 7.62. The van der Waals surface area contributed by atoms with Crippen molar-refractivity contribution in [2.75, 3.05) is 19.7 Å². The Kier molecular flexibility index (Phi) is 3.50. The molecule has 3 atom stereocenters. The SMILES string of the molecule is CC(NC(=O)C1(C)CCNC1)C1CCCO1. The molecule has 2 N–H and O–H groups in total. The highest BCUT2D eigenvalue weighted by Gasteiger charge is 2.37. The highest BCUT2D eigenvalue weighted by molar-refractivity contribution is 5.83. The van der Waals surface area contributed by atoms with E-state index in [1.807, 2.05) is 13.8 Å². The van der Waals surface area contributed by atoms with Crippen molar-refractivity contribution in [1.82, 2.24) is 10.6 Å². The van der Waals surface area contributed by atoms with E-state index in [1.54, 1.807) is 0 Å². The summed E-state index contributed by atoms with van der Waals surface area (Å²) in [5.74, 6) is 0.167. The maximum absolute atomic E-state index is 12.1. The molecule has 2 saturated heterocycles. The molecule has 0 bridgehead atoms. The van der Waals surface area contributed by atoms with E-state index in [4.69, 9.17) is 4.74 Å². The molecule has 0 spiro atoms. The Labute approximate surface area is 97.1 Å². The summed E-state index contributed by atoms with van der Waals surface area (Å²) in [6.07, 6.45) is 3.32. The summed E-state index contributed by atoms with van der Waals surface area (Å²) in [5, 5.41) is 6.34. The second kappa shape index (κ2) is 4.72. The van der Waals surface area contributed by atoms with Gasteiger partial charge in [0.05, 0.1) is 17.6 Å². The van der Waals surface area contributed by atoms with Gasteiger partial charge in [-0.2, -0.15) is 0 Å². The van der Waals surface area contributed by atoms with Crippen LogP contribution in [0.2, 0.25) is 0 Å². The Morgan fingerprint density at radius 3 is 3.00 bits per heavy atom. The van der Waals surface area contributed by atoms with Crippen LogP contribution in [0, 0.1) is 5.41 Å². The topological polar surface area (TPSA) is 50.4 Å². The first-order valence-electron chi connectivity index (χ1n) is 6.25. The standard InChI is InChI=1S/C12H22N2O2/c1-9(10-4-3-7-16-10)14-11(15)12(2)5-6-13-8-12/h9-10,13H,3-8H2,1-2H3,(H,14,15). The number of ether oxygens (including phenoxy) is 1. The van der Waals surface area contributed by atoms with Gasteiger partial charge < -0.3 is 15.4 Å². The van der Waals surface area contributed by atoms with Crippen molar-refractivity contribution in [2.45, 2.75) is 45.3 Å². The van der Waals surface area contributed by atoms with Crippen molar-refractivity contribution in [3.8, 4) is 0 Å². The fourth-order valence-electron chi connectivity index (χ4n) is 2.48. The van der Waals surface area contributed by atoms with Crippen LogP contribution in [0.15, 0.2) is 0 Å². The zero-order valence-corrected chi connectivity index (χ0v) is 10.2. The van der Waals surface area contributed by atoms with Crippen LogP contribution in [0.3, 0.4) is 0 Å². The van der Waals surface area contributed by atoms with Crippen molar-refractivity contribution < 1.29 is 9.53 Å². The highest BCUT2D eigenvalue weighted by Crippen LogP contribution is 2.25. The van der Waals surface area contributed by atoms with E-state index in [9.17, 15) is 4.79 Å². The molecule has 4 nitrogen and oxygen atoms in total. The molecule has 0 aromatic rings. The minimum Gasteiger partial charge on any atom is -0.376 e. The van der Waals surface area contributed by atoms with Gasteiger partial charge in [0.15, 0.2) is 0 Å². The van der Waals surface area contributed by atoms with Gasteiger partial charge in [-0.3, -0.25) is 4.79 Å². The largest absolute Gasteiger partial charge is 0.376 e. The van der Waals surface area contributed by atoms with E-state index in [-0.39, 0.29) is 23.5 Å². The molecule has 2 heterocycles. The summed E-state index contributed by atoms with van der Waals surface area (Å²) >= 11 is 0. The Balaban J connectivity index is 1.86. The van der Waals surface area contributed by atoms with Crippen LogP contribution >= 0.6 is 0 Å². The van der Waals surface area contributed by atoms with Crippen molar-refractivity contribution in [2.24, 2.45) is 5.41 Å². The molecule has 2 aliphatic heterocycles. The second-order valence-electron chi connectivity index (χ2n) is 5.30. The maximum Gasteiger partial charge on any atom is 0.227 e. The van der Waals surface area contributed by atoms with Crippen LogP contribution in [-0.2, 0) is 9.53 Å². The van der Waals surface area contributed by atoms with Crippen molar-refractivity contribution in [3.63, 3.8) is 0 Å². The summed E-state index contributed by atoms with van der Waals surface area (Å²) < 4.78 is 5.58. The van der Waals surface area contributed by atoms with Gasteiger partial charge in [0.1, 0.15) is 0 Å².